The van der Waals surface area contributed by atoms with Gasteiger partial charge < -0.3 is 10.4 Å². The zero-order valence-corrected chi connectivity index (χ0v) is 11.4. The van der Waals surface area contributed by atoms with Gasteiger partial charge in [0.1, 0.15) is 5.82 Å². The summed E-state index contributed by atoms with van der Waals surface area (Å²) in [5, 5.41) is 11.2. The molecule has 2 rings (SSSR count). The van der Waals surface area contributed by atoms with E-state index >= 15 is 0 Å². The van der Waals surface area contributed by atoms with Gasteiger partial charge >= 0.3 is 5.97 Å². The van der Waals surface area contributed by atoms with E-state index in [2.05, 4.69) is 31.2 Å². The molecule has 0 radical (unpaired) electrons. The van der Waals surface area contributed by atoms with Crippen LogP contribution in [0.15, 0.2) is 35.1 Å². The van der Waals surface area contributed by atoms with Gasteiger partial charge in [-0.3, -0.25) is 4.79 Å². The molecule has 1 amide bonds. The van der Waals surface area contributed by atoms with Gasteiger partial charge in [0.05, 0.1) is 5.69 Å². The largest absolute Gasteiger partial charge is 0.476 e. The number of carboxylic acids is 1. The minimum absolute atomic E-state index is 0.0832. The van der Waals surface area contributed by atoms with Crippen molar-refractivity contribution in [1.82, 2.24) is 9.97 Å². The number of nitrogens with zero attached hydrogens (tertiary/aromatic N) is 2. The van der Waals surface area contributed by atoms with E-state index in [1.807, 2.05) is 0 Å². The molecule has 2 aromatic rings. The molecule has 0 aliphatic heterocycles. The molecule has 0 saturated carbocycles. The molecule has 8 heteroatoms. The lowest BCUT2D eigenvalue weighted by Crippen LogP contribution is -2.20. The number of halogens is 2. The quantitative estimate of drug-likeness (QED) is 0.895. The number of hydrogen-bond acceptors (Lipinski definition) is 4. The summed E-state index contributed by atoms with van der Waals surface area (Å²) in [6, 6.07) is 4.05. The first kappa shape index (κ1) is 14.1. The fraction of sp³-hybridized carbons (Fsp3) is 0. The minimum atomic E-state index is -1.39. The van der Waals surface area contributed by atoms with Crippen molar-refractivity contribution in [2.75, 3.05) is 5.32 Å². The SMILES string of the molecule is O=C(O)c1nccnc1C(=O)Nc1ccc(Br)cc1F. The van der Waals surface area contributed by atoms with Gasteiger partial charge in [0, 0.05) is 16.9 Å². The molecule has 1 aromatic heterocycles. The Morgan fingerprint density at radius 3 is 2.45 bits per heavy atom. The normalized spacial score (nSPS) is 10.1. The Balaban J connectivity index is 2.31. The zero-order valence-electron chi connectivity index (χ0n) is 9.80. The molecule has 0 fully saturated rings. The van der Waals surface area contributed by atoms with Crippen molar-refractivity contribution in [1.29, 1.82) is 0 Å². The number of amides is 1. The molecule has 0 atom stereocenters. The smallest absolute Gasteiger partial charge is 0.356 e. The summed E-state index contributed by atoms with van der Waals surface area (Å²) in [7, 11) is 0. The predicted octanol–water partition coefficient (Wildman–Crippen LogP) is 2.33. The Hall–Kier alpha value is -2.35. The van der Waals surface area contributed by atoms with Crippen LogP contribution in [0.5, 0.6) is 0 Å². The summed E-state index contributed by atoms with van der Waals surface area (Å²) in [5.74, 6) is -2.90. The van der Waals surface area contributed by atoms with E-state index in [1.54, 1.807) is 0 Å². The second-order valence-corrected chi connectivity index (χ2v) is 4.55. The first-order valence-corrected chi connectivity index (χ1v) is 6.09. The van der Waals surface area contributed by atoms with Crippen molar-refractivity contribution in [3.8, 4) is 0 Å². The van der Waals surface area contributed by atoms with Crippen LogP contribution in [0.3, 0.4) is 0 Å². The summed E-state index contributed by atoms with van der Waals surface area (Å²) < 4.78 is 14.1. The first-order chi connectivity index (χ1) is 9.49. The maximum absolute atomic E-state index is 13.6. The Bertz CT molecular complexity index is 693. The number of carboxylic acid groups (broad SMARTS) is 1. The molecule has 1 heterocycles. The Kier molecular flexibility index (Phi) is 4.04. The zero-order chi connectivity index (χ0) is 14.7. The third kappa shape index (κ3) is 2.97. The third-order valence-corrected chi connectivity index (χ3v) is 2.79. The molecule has 0 unspecified atom stereocenters. The van der Waals surface area contributed by atoms with Gasteiger partial charge in [-0.25, -0.2) is 19.2 Å². The van der Waals surface area contributed by atoms with Gasteiger partial charge in [-0.05, 0) is 18.2 Å². The molecule has 2 N–H and O–H groups in total. The van der Waals surface area contributed by atoms with Crippen LogP contribution in [0.1, 0.15) is 21.0 Å². The molecular weight excluding hydrogens is 333 g/mol. The standard InChI is InChI=1S/C12H7BrFN3O3/c13-6-1-2-8(7(14)5-6)17-11(18)9-10(12(19)20)16-4-3-15-9/h1-5H,(H,17,18)(H,19,20). The Labute approximate surface area is 120 Å². The fourth-order valence-corrected chi connectivity index (χ4v) is 1.77. The van der Waals surface area contributed by atoms with Crippen LogP contribution >= 0.6 is 15.9 Å². The molecule has 0 bridgehead atoms. The van der Waals surface area contributed by atoms with E-state index in [4.69, 9.17) is 5.11 Å². The van der Waals surface area contributed by atoms with Crippen molar-refractivity contribution < 1.29 is 19.1 Å². The van der Waals surface area contributed by atoms with Crippen LogP contribution in [0.4, 0.5) is 10.1 Å². The number of hydrogen-bond donors (Lipinski definition) is 2. The van der Waals surface area contributed by atoms with Crippen LogP contribution < -0.4 is 5.32 Å². The molecule has 6 nitrogen and oxygen atoms in total. The maximum Gasteiger partial charge on any atom is 0.356 e. The van der Waals surface area contributed by atoms with Crippen molar-refractivity contribution in [2.24, 2.45) is 0 Å². The highest BCUT2D eigenvalue weighted by Gasteiger charge is 2.20. The molecule has 0 aliphatic rings. The Morgan fingerprint density at radius 2 is 1.85 bits per heavy atom. The van der Waals surface area contributed by atoms with Crippen LogP contribution in [0, 0.1) is 5.82 Å². The molecule has 0 spiro atoms. The van der Waals surface area contributed by atoms with Crippen LogP contribution in [-0.4, -0.2) is 27.0 Å². The molecule has 0 saturated heterocycles. The van der Waals surface area contributed by atoms with E-state index < -0.39 is 23.4 Å². The summed E-state index contributed by atoms with van der Waals surface area (Å²) >= 11 is 3.09. The van der Waals surface area contributed by atoms with Crippen LogP contribution in [-0.2, 0) is 0 Å². The predicted molar refractivity (Wildman–Crippen MR) is 71.0 cm³/mol. The number of carbonyl (C=O) groups is 2. The number of benzene rings is 1. The van der Waals surface area contributed by atoms with Gasteiger partial charge in [-0.1, -0.05) is 15.9 Å². The molecular formula is C12H7BrFN3O3. The number of aromatic nitrogens is 2. The van der Waals surface area contributed by atoms with Crippen molar-refractivity contribution >= 4 is 33.5 Å². The van der Waals surface area contributed by atoms with Gasteiger partial charge in [-0.15, -0.1) is 0 Å². The highest BCUT2D eigenvalue weighted by Crippen LogP contribution is 2.20. The van der Waals surface area contributed by atoms with E-state index in [0.29, 0.717) is 4.47 Å². The summed E-state index contributed by atoms with van der Waals surface area (Å²) in [6.45, 7) is 0. The van der Waals surface area contributed by atoms with Gasteiger partial charge in [0.15, 0.2) is 11.4 Å². The van der Waals surface area contributed by atoms with E-state index in [9.17, 15) is 14.0 Å². The second kappa shape index (κ2) is 5.74. The van der Waals surface area contributed by atoms with Crippen molar-refractivity contribution in [2.45, 2.75) is 0 Å². The highest BCUT2D eigenvalue weighted by atomic mass is 79.9. The van der Waals surface area contributed by atoms with Crippen LogP contribution in [0.2, 0.25) is 0 Å². The number of nitrogens with one attached hydrogen (secondary N) is 1. The number of aromatic carboxylic acids is 1. The second-order valence-electron chi connectivity index (χ2n) is 3.64. The molecule has 20 heavy (non-hydrogen) atoms. The van der Waals surface area contributed by atoms with Crippen molar-refractivity contribution in [3.63, 3.8) is 0 Å². The monoisotopic (exact) mass is 339 g/mol. The van der Waals surface area contributed by atoms with E-state index in [0.717, 1.165) is 6.20 Å². The maximum atomic E-state index is 13.6. The summed E-state index contributed by atoms with van der Waals surface area (Å²) in [6.07, 6.45) is 2.33. The highest BCUT2D eigenvalue weighted by molar-refractivity contribution is 9.10. The lowest BCUT2D eigenvalue weighted by molar-refractivity contribution is 0.0685. The lowest BCUT2D eigenvalue weighted by Gasteiger charge is -2.07. The first-order valence-electron chi connectivity index (χ1n) is 5.29. The van der Waals surface area contributed by atoms with Crippen molar-refractivity contribution in [3.05, 3.63) is 52.3 Å². The lowest BCUT2D eigenvalue weighted by atomic mass is 10.2. The average molecular weight is 340 g/mol. The topological polar surface area (TPSA) is 92.2 Å². The minimum Gasteiger partial charge on any atom is -0.476 e. The Morgan fingerprint density at radius 1 is 1.20 bits per heavy atom. The third-order valence-electron chi connectivity index (χ3n) is 2.30. The fourth-order valence-electron chi connectivity index (χ4n) is 1.43. The van der Waals surface area contributed by atoms with Crippen LogP contribution in [0.25, 0.3) is 0 Å². The van der Waals surface area contributed by atoms with Gasteiger partial charge in [-0.2, -0.15) is 0 Å². The number of carbonyl (C=O) groups excluding carboxylic acids is 1. The van der Waals surface area contributed by atoms with E-state index in [-0.39, 0.29) is 11.4 Å². The van der Waals surface area contributed by atoms with E-state index in [1.165, 1.54) is 24.4 Å². The average Bonchev–Trinajstić information content (AvgIpc) is 2.41. The molecule has 102 valence electrons. The molecule has 0 aliphatic carbocycles. The van der Waals surface area contributed by atoms with Gasteiger partial charge in [0.2, 0.25) is 0 Å². The van der Waals surface area contributed by atoms with Gasteiger partial charge in [0.25, 0.3) is 5.91 Å². The number of rotatable bonds is 3. The summed E-state index contributed by atoms with van der Waals surface area (Å²) in [5.41, 5.74) is -0.968. The summed E-state index contributed by atoms with van der Waals surface area (Å²) in [4.78, 5) is 30.1. The molecule has 1 aromatic carbocycles. The number of anilines is 1.